The second kappa shape index (κ2) is 8.92. The number of ether oxygens (including phenoxy) is 1. The number of rotatable bonds is 5. The highest BCUT2D eigenvalue weighted by Crippen LogP contribution is 2.42. The fourth-order valence-corrected chi connectivity index (χ4v) is 4.89. The molecule has 0 unspecified atom stereocenters. The molecule has 0 bridgehead atoms. The molecule has 2 aliphatic heterocycles. The third-order valence-corrected chi connectivity index (χ3v) is 6.59. The van der Waals surface area contributed by atoms with E-state index in [1.807, 2.05) is 18.3 Å². The first kappa shape index (κ1) is 21.0. The number of aromatic nitrogens is 2. The van der Waals surface area contributed by atoms with Crippen LogP contribution < -0.4 is 15.1 Å². The molecule has 2 fully saturated rings. The first-order valence-corrected chi connectivity index (χ1v) is 11.6. The van der Waals surface area contributed by atoms with Crippen molar-refractivity contribution >= 4 is 28.7 Å². The van der Waals surface area contributed by atoms with Gasteiger partial charge < -0.3 is 24.4 Å². The van der Waals surface area contributed by atoms with Gasteiger partial charge in [0.1, 0.15) is 0 Å². The minimum Gasteiger partial charge on any atom is -0.378 e. The molecule has 32 heavy (non-hydrogen) atoms. The van der Waals surface area contributed by atoms with Gasteiger partial charge in [0, 0.05) is 49.1 Å². The van der Waals surface area contributed by atoms with Gasteiger partial charge in [-0.05, 0) is 74.1 Å². The summed E-state index contributed by atoms with van der Waals surface area (Å²) in [6, 6.07) is 17.4. The van der Waals surface area contributed by atoms with Crippen molar-refractivity contribution in [1.29, 1.82) is 0 Å². The summed E-state index contributed by atoms with van der Waals surface area (Å²) in [5.74, 6) is 0. The highest BCUT2D eigenvalue weighted by Gasteiger charge is 2.41. The standard InChI is InChI=1S/C25H29N5OS/c1-18(2)29-12-10-19(17-29)24-23(22-5-3-4-11-26-22)27-25(32)30(24)21-8-6-20(7-9-21)28-13-15-31-16-14-28/h3-12,17-18,23-24H,13-16H2,1-2H3,(H,27,32)/t23-,24+/m0/s1. The number of morpholine rings is 1. The van der Waals surface area contributed by atoms with E-state index in [1.165, 1.54) is 11.3 Å². The van der Waals surface area contributed by atoms with Crippen molar-refractivity contribution in [3.8, 4) is 0 Å². The quantitative estimate of drug-likeness (QED) is 0.582. The minimum absolute atomic E-state index is 0.0200. The number of anilines is 2. The van der Waals surface area contributed by atoms with Crippen LogP contribution in [0.25, 0.3) is 0 Å². The van der Waals surface area contributed by atoms with E-state index in [9.17, 15) is 0 Å². The highest BCUT2D eigenvalue weighted by atomic mass is 32.1. The van der Waals surface area contributed by atoms with Gasteiger partial charge in [-0.1, -0.05) is 6.07 Å². The Bertz CT molecular complexity index is 1060. The number of nitrogens with zero attached hydrogens (tertiary/aromatic N) is 4. The SMILES string of the molecule is CC(C)n1ccc([C@@H]2[C@H](c3ccccn3)NC(=S)N2c2ccc(N3CCOCC3)cc2)c1. The van der Waals surface area contributed by atoms with Crippen LogP contribution in [0, 0.1) is 0 Å². The van der Waals surface area contributed by atoms with Gasteiger partial charge in [0.25, 0.3) is 0 Å². The van der Waals surface area contributed by atoms with E-state index in [1.54, 1.807) is 0 Å². The summed E-state index contributed by atoms with van der Waals surface area (Å²) in [6.07, 6.45) is 6.22. The monoisotopic (exact) mass is 447 g/mol. The van der Waals surface area contributed by atoms with E-state index in [0.717, 1.165) is 42.8 Å². The predicted molar refractivity (Wildman–Crippen MR) is 132 cm³/mol. The molecule has 2 atom stereocenters. The lowest BCUT2D eigenvalue weighted by molar-refractivity contribution is 0.122. The lowest BCUT2D eigenvalue weighted by atomic mass is 9.98. The molecule has 2 saturated heterocycles. The summed E-state index contributed by atoms with van der Waals surface area (Å²) in [7, 11) is 0. The maximum atomic E-state index is 5.85. The van der Waals surface area contributed by atoms with Crippen molar-refractivity contribution in [1.82, 2.24) is 14.9 Å². The molecule has 0 saturated carbocycles. The lowest BCUT2D eigenvalue weighted by Gasteiger charge is -2.30. The van der Waals surface area contributed by atoms with Crippen molar-refractivity contribution in [3.05, 3.63) is 78.4 Å². The normalized spacial score (nSPS) is 21.3. The number of thiocarbonyl (C=S) groups is 1. The van der Waals surface area contributed by atoms with Crippen LogP contribution in [0.5, 0.6) is 0 Å². The van der Waals surface area contributed by atoms with Crippen LogP contribution in [0.3, 0.4) is 0 Å². The second-order valence-corrected chi connectivity index (χ2v) is 8.98. The van der Waals surface area contributed by atoms with Crippen LogP contribution in [-0.4, -0.2) is 41.0 Å². The van der Waals surface area contributed by atoms with Crippen molar-refractivity contribution < 1.29 is 4.74 Å². The van der Waals surface area contributed by atoms with Crippen LogP contribution in [0.15, 0.2) is 67.1 Å². The molecular formula is C25H29N5OS. The first-order valence-electron chi connectivity index (χ1n) is 11.2. The zero-order valence-corrected chi connectivity index (χ0v) is 19.3. The number of benzene rings is 1. The molecule has 0 amide bonds. The summed E-state index contributed by atoms with van der Waals surface area (Å²) < 4.78 is 7.73. The maximum absolute atomic E-state index is 5.85. The minimum atomic E-state index is -0.0226. The van der Waals surface area contributed by atoms with Crippen LogP contribution in [-0.2, 0) is 4.74 Å². The zero-order valence-electron chi connectivity index (χ0n) is 18.5. The molecule has 1 aromatic carbocycles. The average Bonchev–Trinajstić information content (AvgIpc) is 3.45. The molecule has 3 aromatic rings. The van der Waals surface area contributed by atoms with Gasteiger partial charge in [-0.15, -0.1) is 0 Å². The zero-order chi connectivity index (χ0) is 22.1. The van der Waals surface area contributed by atoms with E-state index in [0.29, 0.717) is 6.04 Å². The largest absolute Gasteiger partial charge is 0.378 e. The molecule has 1 N–H and O–H groups in total. The Morgan fingerprint density at radius 3 is 2.44 bits per heavy atom. The Labute approximate surface area is 194 Å². The Morgan fingerprint density at radius 2 is 1.78 bits per heavy atom. The summed E-state index contributed by atoms with van der Waals surface area (Å²) in [6.45, 7) is 7.80. The third kappa shape index (κ3) is 3.98. The van der Waals surface area contributed by atoms with Crippen LogP contribution in [0.4, 0.5) is 11.4 Å². The average molecular weight is 448 g/mol. The fraction of sp³-hybridized carbons (Fsp3) is 0.360. The summed E-state index contributed by atoms with van der Waals surface area (Å²) in [4.78, 5) is 9.24. The molecule has 2 aromatic heterocycles. The Balaban J connectivity index is 1.50. The van der Waals surface area contributed by atoms with Crippen LogP contribution in [0.1, 0.15) is 43.2 Å². The van der Waals surface area contributed by atoms with Gasteiger partial charge >= 0.3 is 0 Å². The fourth-order valence-electron chi connectivity index (χ4n) is 4.54. The van der Waals surface area contributed by atoms with E-state index in [2.05, 4.69) is 87.3 Å². The van der Waals surface area contributed by atoms with E-state index < -0.39 is 0 Å². The van der Waals surface area contributed by atoms with Gasteiger partial charge in [-0.3, -0.25) is 4.98 Å². The van der Waals surface area contributed by atoms with Gasteiger partial charge in [0.15, 0.2) is 5.11 Å². The molecule has 4 heterocycles. The first-order chi connectivity index (χ1) is 15.6. The number of pyridine rings is 1. The van der Waals surface area contributed by atoms with Gasteiger partial charge in [-0.2, -0.15) is 0 Å². The molecule has 0 aliphatic carbocycles. The van der Waals surface area contributed by atoms with Crippen molar-refractivity contribution in [2.75, 3.05) is 36.1 Å². The number of nitrogens with one attached hydrogen (secondary N) is 1. The second-order valence-electron chi connectivity index (χ2n) is 8.60. The number of hydrogen-bond donors (Lipinski definition) is 1. The van der Waals surface area contributed by atoms with Gasteiger partial charge in [-0.25, -0.2) is 0 Å². The van der Waals surface area contributed by atoms with E-state index >= 15 is 0 Å². The van der Waals surface area contributed by atoms with Crippen LogP contribution in [0.2, 0.25) is 0 Å². The van der Waals surface area contributed by atoms with Crippen molar-refractivity contribution in [2.24, 2.45) is 0 Å². The smallest absolute Gasteiger partial charge is 0.174 e. The Kier molecular flexibility index (Phi) is 5.85. The molecule has 166 valence electrons. The molecule has 6 nitrogen and oxygen atoms in total. The molecule has 7 heteroatoms. The molecule has 2 aliphatic rings. The van der Waals surface area contributed by atoms with E-state index in [-0.39, 0.29) is 12.1 Å². The number of hydrogen-bond acceptors (Lipinski definition) is 4. The van der Waals surface area contributed by atoms with Crippen LogP contribution >= 0.6 is 12.2 Å². The highest BCUT2D eigenvalue weighted by molar-refractivity contribution is 7.80. The Morgan fingerprint density at radius 1 is 1.03 bits per heavy atom. The summed E-state index contributed by atoms with van der Waals surface area (Å²) in [5, 5.41) is 4.27. The lowest BCUT2D eigenvalue weighted by Crippen LogP contribution is -2.36. The molecule has 5 rings (SSSR count). The van der Waals surface area contributed by atoms with E-state index in [4.69, 9.17) is 17.0 Å². The topological polar surface area (TPSA) is 45.6 Å². The molecule has 0 spiro atoms. The summed E-state index contributed by atoms with van der Waals surface area (Å²) >= 11 is 5.85. The van der Waals surface area contributed by atoms with Crippen molar-refractivity contribution in [3.63, 3.8) is 0 Å². The molecular weight excluding hydrogens is 418 g/mol. The van der Waals surface area contributed by atoms with Gasteiger partial charge in [0.05, 0.1) is 31.0 Å². The molecule has 0 radical (unpaired) electrons. The summed E-state index contributed by atoms with van der Waals surface area (Å²) in [5.41, 5.74) is 4.52. The predicted octanol–water partition coefficient (Wildman–Crippen LogP) is 4.48. The maximum Gasteiger partial charge on any atom is 0.174 e. The van der Waals surface area contributed by atoms with Gasteiger partial charge in [0.2, 0.25) is 0 Å². The Hall–Kier alpha value is -2.90. The van der Waals surface area contributed by atoms with Crippen molar-refractivity contribution in [2.45, 2.75) is 32.0 Å². The third-order valence-electron chi connectivity index (χ3n) is 6.28.